The number of unbranched alkanes of at least 4 members (excludes halogenated alkanes) is 2. The molecule has 0 spiro atoms. The number of anilines is 1. The summed E-state index contributed by atoms with van der Waals surface area (Å²) in [6, 6.07) is 11.7. The van der Waals surface area contributed by atoms with Crippen LogP contribution in [0.1, 0.15) is 45.1 Å². The Kier molecular flexibility index (Phi) is 8.30. The predicted octanol–water partition coefficient (Wildman–Crippen LogP) is 4.66. The first kappa shape index (κ1) is 23.8. The Hall–Kier alpha value is -2.84. The lowest BCUT2D eigenvalue weighted by molar-refractivity contribution is -0.111. The van der Waals surface area contributed by atoms with Crippen LogP contribution >= 0.6 is 0 Å². The van der Waals surface area contributed by atoms with Gasteiger partial charge in [0, 0.05) is 24.9 Å². The van der Waals surface area contributed by atoms with Crippen molar-refractivity contribution in [2.24, 2.45) is 0 Å². The van der Waals surface area contributed by atoms with Crippen molar-refractivity contribution in [1.29, 1.82) is 0 Å². The summed E-state index contributed by atoms with van der Waals surface area (Å²) in [5.41, 5.74) is 1.34. The fraction of sp³-hybridized carbons (Fsp3) is 0.375. The first-order valence-electron chi connectivity index (χ1n) is 10.9. The van der Waals surface area contributed by atoms with Crippen molar-refractivity contribution in [2.45, 2.75) is 44.4 Å². The Balaban J connectivity index is 1.63. The molecule has 0 aliphatic carbocycles. The standard InChI is InChI=1S/C24H30N2O5S/c1-3-5-15-26(16-6-4-2)32(28,29)21-11-9-20(10-12-21)25-24(27)14-8-19-7-13-22-23(17-19)31-18-30-22/h7-14,17H,3-6,15-16,18H2,1-2H3,(H,25,27). The molecule has 1 amide bonds. The maximum Gasteiger partial charge on any atom is 0.248 e. The van der Waals surface area contributed by atoms with Gasteiger partial charge in [-0.2, -0.15) is 4.31 Å². The highest BCUT2D eigenvalue weighted by molar-refractivity contribution is 7.89. The Bertz CT molecular complexity index is 1040. The van der Waals surface area contributed by atoms with Gasteiger partial charge in [0.25, 0.3) is 0 Å². The molecule has 0 saturated carbocycles. The van der Waals surface area contributed by atoms with Gasteiger partial charge in [0.1, 0.15) is 0 Å². The maximum absolute atomic E-state index is 13.0. The van der Waals surface area contributed by atoms with Gasteiger partial charge in [-0.05, 0) is 60.9 Å². The van der Waals surface area contributed by atoms with E-state index in [1.807, 2.05) is 19.9 Å². The highest BCUT2D eigenvalue weighted by atomic mass is 32.2. The van der Waals surface area contributed by atoms with Crippen LogP contribution in [0.2, 0.25) is 0 Å². The SMILES string of the molecule is CCCCN(CCCC)S(=O)(=O)c1ccc(NC(=O)C=Cc2ccc3c(c2)OCO3)cc1. The smallest absolute Gasteiger partial charge is 0.248 e. The highest BCUT2D eigenvalue weighted by Crippen LogP contribution is 2.32. The number of sulfonamides is 1. The molecule has 0 fully saturated rings. The van der Waals surface area contributed by atoms with Crippen molar-refractivity contribution in [2.75, 3.05) is 25.2 Å². The van der Waals surface area contributed by atoms with Crippen molar-refractivity contribution in [3.05, 3.63) is 54.1 Å². The second-order valence-corrected chi connectivity index (χ2v) is 9.51. The second-order valence-electron chi connectivity index (χ2n) is 7.57. The van der Waals surface area contributed by atoms with Crippen LogP contribution in [-0.2, 0) is 14.8 Å². The van der Waals surface area contributed by atoms with Crippen LogP contribution in [0.5, 0.6) is 11.5 Å². The fourth-order valence-corrected chi connectivity index (χ4v) is 4.77. The van der Waals surface area contributed by atoms with Crippen molar-refractivity contribution < 1.29 is 22.7 Å². The summed E-state index contributed by atoms with van der Waals surface area (Å²) in [5, 5.41) is 2.75. The zero-order valence-corrected chi connectivity index (χ0v) is 19.4. The van der Waals surface area contributed by atoms with Crippen molar-refractivity contribution in [1.82, 2.24) is 4.31 Å². The van der Waals surface area contributed by atoms with Gasteiger partial charge in [0.2, 0.25) is 22.7 Å². The van der Waals surface area contributed by atoms with E-state index in [1.54, 1.807) is 34.6 Å². The molecular formula is C24H30N2O5S. The van der Waals surface area contributed by atoms with Crippen LogP contribution in [0.3, 0.4) is 0 Å². The average Bonchev–Trinajstić information content (AvgIpc) is 3.26. The molecule has 7 nitrogen and oxygen atoms in total. The van der Waals surface area contributed by atoms with Gasteiger partial charge in [0.05, 0.1) is 4.90 Å². The molecule has 0 atom stereocenters. The van der Waals surface area contributed by atoms with Crippen molar-refractivity contribution in [3.63, 3.8) is 0 Å². The van der Waals surface area contributed by atoms with E-state index in [0.29, 0.717) is 30.3 Å². The summed E-state index contributed by atoms with van der Waals surface area (Å²) >= 11 is 0. The van der Waals surface area contributed by atoms with E-state index in [9.17, 15) is 13.2 Å². The van der Waals surface area contributed by atoms with Crippen molar-refractivity contribution >= 4 is 27.7 Å². The first-order valence-corrected chi connectivity index (χ1v) is 12.4. The lowest BCUT2D eigenvalue weighted by Gasteiger charge is -2.22. The zero-order valence-electron chi connectivity index (χ0n) is 18.5. The van der Waals surface area contributed by atoms with Crippen LogP contribution in [0.25, 0.3) is 6.08 Å². The number of rotatable bonds is 11. The Morgan fingerprint density at radius 2 is 1.66 bits per heavy atom. The Labute approximate surface area is 190 Å². The van der Waals surface area contributed by atoms with Crippen LogP contribution in [0, 0.1) is 0 Å². The number of ether oxygens (including phenoxy) is 2. The molecule has 2 aromatic rings. The number of fused-ring (bicyclic) bond motifs is 1. The third kappa shape index (κ3) is 6.11. The van der Waals surface area contributed by atoms with Gasteiger partial charge < -0.3 is 14.8 Å². The lowest BCUT2D eigenvalue weighted by atomic mass is 10.2. The molecule has 1 aliphatic heterocycles. The third-order valence-electron chi connectivity index (χ3n) is 5.11. The summed E-state index contributed by atoms with van der Waals surface area (Å²) in [4.78, 5) is 12.5. The first-order chi connectivity index (χ1) is 15.4. The lowest BCUT2D eigenvalue weighted by Crippen LogP contribution is -2.33. The van der Waals surface area contributed by atoms with Gasteiger partial charge in [-0.3, -0.25) is 4.79 Å². The summed E-state index contributed by atoms with van der Waals surface area (Å²) in [6.45, 7) is 5.32. The molecule has 1 aliphatic rings. The van der Waals surface area contributed by atoms with Gasteiger partial charge >= 0.3 is 0 Å². The molecule has 0 bridgehead atoms. The number of nitrogens with zero attached hydrogens (tertiary/aromatic N) is 1. The van der Waals surface area contributed by atoms with E-state index >= 15 is 0 Å². The molecule has 172 valence electrons. The molecule has 0 saturated heterocycles. The molecule has 1 heterocycles. The summed E-state index contributed by atoms with van der Waals surface area (Å²) < 4.78 is 38.2. The molecule has 0 radical (unpaired) electrons. The van der Waals surface area contributed by atoms with E-state index in [2.05, 4.69) is 5.32 Å². The number of benzene rings is 2. The van der Waals surface area contributed by atoms with Gasteiger partial charge in [-0.15, -0.1) is 0 Å². The number of hydrogen-bond acceptors (Lipinski definition) is 5. The minimum Gasteiger partial charge on any atom is -0.454 e. The Morgan fingerprint density at radius 3 is 2.31 bits per heavy atom. The molecule has 0 aromatic heterocycles. The minimum atomic E-state index is -3.56. The van der Waals surface area contributed by atoms with Gasteiger partial charge in [-0.25, -0.2) is 8.42 Å². The van der Waals surface area contributed by atoms with E-state index in [0.717, 1.165) is 31.2 Å². The van der Waals surface area contributed by atoms with Crippen LogP contribution in [0.4, 0.5) is 5.69 Å². The minimum absolute atomic E-state index is 0.198. The summed E-state index contributed by atoms with van der Waals surface area (Å²) in [6.07, 6.45) is 6.61. The molecule has 32 heavy (non-hydrogen) atoms. The predicted molar refractivity (Wildman–Crippen MR) is 125 cm³/mol. The third-order valence-corrected chi connectivity index (χ3v) is 7.02. The number of nitrogens with one attached hydrogen (secondary N) is 1. The monoisotopic (exact) mass is 458 g/mol. The topological polar surface area (TPSA) is 84.9 Å². The van der Waals surface area contributed by atoms with E-state index in [4.69, 9.17) is 9.47 Å². The normalized spacial score (nSPS) is 13.1. The number of carbonyl (C=O) groups is 1. The van der Waals surface area contributed by atoms with E-state index in [1.165, 1.54) is 18.2 Å². The molecular weight excluding hydrogens is 428 g/mol. The average molecular weight is 459 g/mol. The summed E-state index contributed by atoms with van der Waals surface area (Å²) in [7, 11) is -3.56. The maximum atomic E-state index is 13.0. The van der Waals surface area contributed by atoms with Gasteiger partial charge in [0.15, 0.2) is 11.5 Å². The molecule has 0 unspecified atom stereocenters. The van der Waals surface area contributed by atoms with Crippen LogP contribution < -0.4 is 14.8 Å². The number of carbonyl (C=O) groups excluding carboxylic acids is 1. The van der Waals surface area contributed by atoms with Crippen LogP contribution in [0.15, 0.2) is 53.4 Å². The highest BCUT2D eigenvalue weighted by Gasteiger charge is 2.23. The number of amides is 1. The van der Waals surface area contributed by atoms with Crippen molar-refractivity contribution in [3.8, 4) is 11.5 Å². The van der Waals surface area contributed by atoms with E-state index < -0.39 is 10.0 Å². The molecule has 1 N–H and O–H groups in total. The van der Waals surface area contributed by atoms with Gasteiger partial charge in [-0.1, -0.05) is 32.8 Å². The second kappa shape index (κ2) is 11.2. The van der Waals surface area contributed by atoms with Crippen LogP contribution in [-0.4, -0.2) is 38.5 Å². The molecule has 3 rings (SSSR count). The zero-order chi connectivity index (χ0) is 23.0. The summed E-state index contributed by atoms with van der Waals surface area (Å²) in [5.74, 6) is 1.02. The number of hydrogen-bond donors (Lipinski definition) is 1. The largest absolute Gasteiger partial charge is 0.454 e. The molecule has 2 aromatic carbocycles. The quantitative estimate of drug-likeness (QED) is 0.495. The molecule has 8 heteroatoms. The Morgan fingerprint density at radius 1 is 1.00 bits per heavy atom. The van der Waals surface area contributed by atoms with E-state index in [-0.39, 0.29) is 17.6 Å². The fourth-order valence-electron chi connectivity index (χ4n) is 3.25.